The first-order valence-electron chi connectivity index (χ1n) is 5.48. The number of rotatable bonds is 3. The Morgan fingerprint density at radius 3 is 2.82 bits per heavy atom. The zero-order chi connectivity index (χ0) is 12.6. The van der Waals surface area contributed by atoms with Crippen LogP contribution in [0.2, 0.25) is 0 Å². The molecule has 0 spiro atoms. The number of anilines is 1. The summed E-state index contributed by atoms with van der Waals surface area (Å²) in [6.07, 6.45) is 1.48. The van der Waals surface area contributed by atoms with E-state index in [1.807, 2.05) is 38.8 Å². The van der Waals surface area contributed by atoms with Gasteiger partial charge in [0.1, 0.15) is 12.1 Å². The maximum absolute atomic E-state index is 9.42. The van der Waals surface area contributed by atoms with Gasteiger partial charge in [-0.2, -0.15) is 14.6 Å². The second kappa shape index (κ2) is 3.96. The number of aliphatic hydroxyl groups is 1. The SMILES string of the molecule is Cc1cc(N(C)C(C)(C)CO)n2ncnc2n1. The number of fused-ring (bicyclic) bond motifs is 1. The largest absolute Gasteiger partial charge is 0.394 e. The van der Waals surface area contributed by atoms with Crippen LogP contribution in [0, 0.1) is 6.92 Å². The molecule has 0 aliphatic carbocycles. The molecule has 2 heterocycles. The van der Waals surface area contributed by atoms with Crippen molar-refractivity contribution in [2.24, 2.45) is 0 Å². The Morgan fingerprint density at radius 1 is 1.47 bits per heavy atom. The highest BCUT2D eigenvalue weighted by molar-refractivity contribution is 5.48. The maximum atomic E-state index is 9.42. The van der Waals surface area contributed by atoms with E-state index in [9.17, 15) is 5.11 Å². The molecule has 0 aliphatic heterocycles. The van der Waals surface area contributed by atoms with Gasteiger partial charge in [0.05, 0.1) is 12.1 Å². The Morgan fingerprint density at radius 2 is 2.18 bits per heavy atom. The predicted octanol–water partition coefficient (Wildman–Crippen LogP) is 0.640. The average Bonchev–Trinajstić information content (AvgIpc) is 2.74. The fraction of sp³-hybridized carbons (Fsp3) is 0.545. The van der Waals surface area contributed by atoms with Gasteiger partial charge in [-0.05, 0) is 20.8 Å². The van der Waals surface area contributed by atoms with Crippen molar-refractivity contribution in [3.05, 3.63) is 18.1 Å². The minimum Gasteiger partial charge on any atom is -0.394 e. The van der Waals surface area contributed by atoms with Crippen LogP contribution in [0.4, 0.5) is 5.82 Å². The lowest BCUT2D eigenvalue weighted by Gasteiger charge is -2.35. The van der Waals surface area contributed by atoms with Crippen LogP contribution in [0.5, 0.6) is 0 Å². The van der Waals surface area contributed by atoms with Crippen molar-refractivity contribution in [1.29, 1.82) is 0 Å². The monoisotopic (exact) mass is 235 g/mol. The van der Waals surface area contributed by atoms with Crippen LogP contribution in [0.15, 0.2) is 12.4 Å². The van der Waals surface area contributed by atoms with E-state index in [-0.39, 0.29) is 12.1 Å². The Kier molecular flexibility index (Phi) is 2.74. The van der Waals surface area contributed by atoms with Crippen LogP contribution in [0.1, 0.15) is 19.5 Å². The minimum atomic E-state index is -0.368. The van der Waals surface area contributed by atoms with Crippen molar-refractivity contribution in [1.82, 2.24) is 19.6 Å². The molecule has 0 unspecified atom stereocenters. The highest BCUT2D eigenvalue weighted by Gasteiger charge is 2.25. The van der Waals surface area contributed by atoms with E-state index in [2.05, 4.69) is 15.1 Å². The third-order valence-corrected chi connectivity index (χ3v) is 3.00. The normalized spacial score (nSPS) is 12.1. The summed E-state index contributed by atoms with van der Waals surface area (Å²) in [7, 11) is 1.92. The first-order chi connectivity index (χ1) is 7.95. The first-order valence-corrected chi connectivity index (χ1v) is 5.48. The van der Waals surface area contributed by atoms with Crippen LogP contribution in [0.25, 0.3) is 5.78 Å². The number of nitrogens with zero attached hydrogens (tertiary/aromatic N) is 5. The van der Waals surface area contributed by atoms with E-state index in [0.29, 0.717) is 5.78 Å². The zero-order valence-electron chi connectivity index (χ0n) is 10.5. The van der Waals surface area contributed by atoms with Crippen molar-refractivity contribution in [2.75, 3.05) is 18.6 Å². The Bertz CT molecular complexity index is 534. The van der Waals surface area contributed by atoms with Crippen molar-refractivity contribution in [3.63, 3.8) is 0 Å². The molecule has 2 aromatic rings. The van der Waals surface area contributed by atoms with Crippen molar-refractivity contribution >= 4 is 11.6 Å². The molecule has 2 aromatic heterocycles. The van der Waals surface area contributed by atoms with Gasteiger partial charge in [0, 0.05) is 18.8 Å². The number of hydrogen-bond donors (Lipinski definition) is 1. The summed E-state index contributed by atoms with van der Waals surface area (Å²) in [5, 5.41) is 13.6. The third kappa shape index (κ3) is 1.95. The summed E-state index contributed by atoms with van der Waals surface area (Å²) in [5.41, 5.74) is 0.508. The molecule has 1 N–H and O–H groups in total. The quantitative estimate of drug-likeness (QED) is 0.845. The van der Waals surface area contributed by atoms with Gasteiger partial charge in [-0.3, -0.25) is 0 Å². The Hall–Kier alpha value is -1.69. The molecule has 17 heavy (non-hydrogen) atoms. The Labute approximate surface area is 99.9 Å². The van der Waals surface area contributed by atoms with Crippen molar-refractivity contribution in [3.8, 4) is 0 Å². The minimum absolute atomic E-state index is 0.0566. The standard InChI is InChI=1S/C11H17N5O/c1-8-5-9(15(4)11(2,3)6-17)16-10(14-8)12-7-13-16/h5,7,17H,6H2,1-4H3. The summed E-state index contributed by atoms with van der Waals surface area (Å²) in [5.74, 6) is 1.43. The van der Waals surface area contributed by atoms with Crippen LogP contribution >= 0.6 is 0 Å². The summed E-state index contributed by atoms with van der Waals surface area (Å²) < 4.78 is 1.67. The van der Waals surface area contributed by atoms with E-state index < -0.39 is 0 Å². The summed E-state index contributed by atoms with van der Waals surface area (Å²) >= 11 is 0. The molecule has 0 aromatic carbocycles. The second-order valence-electron chi connectivity index (χ2n) is 4.76. The van der Waals surface area contributed by atoms with Gasteiger partial charge in [-0.15, -0.1) is 0 Å². The molecule has 0 radical (unpaired) electrons. The molecule has 0 fully saturated rings. The van der Waals surface area contributed by atoms with E-state index in [1.165, 1.54) is 6.33 Å². The predicted molar refractivity (Wildman–Crippen MR) is 65.1 cm³/mol. The van der Waals surface area contributed by atoms with Crippen LogP contribution in [-0.2, 0) is 0 Å². The number of hydrogen-bond acceptors (Lipinski definition) is 5. The topological polar surface area (TPSA) is 66.5 Å². The molecular weight excluding hydrogens is 218 g/mol. The molecule has 92 valence electrons. The van der Waals surface area contributed by atoms with Gasteiger partial charge in [-0.25, -0.2) is 4.98 Å². The molecule has 0 aliphatic rings. The van der Waals surface area contributed by atoms with Gasteiger partial charge < -0.3 is 10.0 Å². The van der Waals surface area contributed by atoms with E-state index in [0.717, 1.165) is 11.5 Å². The molecule has 0 saturated heterocycles. The molecule has 2 rings (SSSR count). The van der Waals surface area contributed by atoms with Gasteiger partial charge in [0.25, 0.3) is 5.78 Å². The molecule has 6 nitrogen and oxygen atoms in total. The average molecular weight is 235 g/mol. The van der Waals surface area contributed by atoms with E-state index in [4.69, 9.17) is 0 Å². The van der Waals surface area contributed by atoms with E-state index in [1.54, 1.807) is 4.52 Å². The number of aryl methyl sites for hydroxylation is 1. The zero-order valence-corrected chi connectivity index (χ0v) is 10.5. The summed E-state index contributed by atoms with van der Waals surface area (Å²) in [6.45, 7) is 5.90. The lowest BCUT2D eigenvalue weighted by molar-refractivity contribution is 0.215. The first kappa shape index (κ1) is 11.8. The highest BCUT2D eigenvalue weighted by Crippen LogP contribution is 2.22. The number of likely N-dealkylation sites (N-methyl/N-ethyl adjacent to an activating group) is 1. The van der Waals surface area contributed by atoms with Crippen LogP contribution in [-0.4, -0.2) is 43.9 Å². The molecular formula is C11H17N5O. The maximum Gasteiger partial charge on any atom is 0.254 e. The number of aliphatic hydroxyl groups excluding tert-OH is 1. The van der Waals surface area contributed by atoms with Crippen molar-refractivity contribution < 1.29 is 5.11 Å². The second-order valence-corrected chi connectivity index (χ2v) is 4.76. The van der Waals surface area contributed by atoms with Gasteiger partial charge >= 0.3 is 0 Å². The summed E-state index contributed by atoms with van der Waals surface area (Å²) in [4.78, 5) is 10.3. The lowest BCUT2D eigenvalue weighted by Crippen LogP contribution is -2.45. The molecule has 0 atom stereocenters. The fourth-order valence-electron chi connectivity index (χ4n) is 1.57. The highest BCUT2D eigenvalue weighted by atomic mass is 16.3. The third-order valence-electron chi connectivity index (χ3n) is 3.00. The van der Waals surface area contributed by atoms with Gasteiger partial charge in [0.15, 0.2) is 0 Å². The van der Waals surface area contributed by atoms with Crippen LogP contribution < -0.4 is 4.90 Å². The van der Waals surface area contributed by atoms with Gasteiger partial charge in [-0.1, -0.05) is 0 Å². The smallest absolute Gasteiger partial charge is 0.254 e. The van der Waals surface area contributed by atoms with Crippen molar-refractivity contribution in [2.45, 2.75) is 26.3 Å². The van der Waals surface area contributed by atoms with Gasteiger partial charge in [0.2, 0.25) is 0 Å². The Balaban J connectivity index is 2.58. The molecule has 0 amide bonds. The fourth-order valence-corrected chi connectivity index (χ4v) is 1.57. The van der Waals surface area contributed by atoms with E-state index >= 15 is 0 Å². The van der Waals surface area contributed by atoms with Crippen LogP contribution in [0.3, 0.4) is 0 Å². The summed E-state index contributed by atoms with van der Waals surface area (Å²) in [6, 6.07) is 1.93. The number of aromatic nitrogens is 4. The molecule has 6 heteroatoms. The lowest BCUT2D eigenvalue weighted by atomic mass is 10.1. The molecule has 0 bridgehead atoms. The molecule has 0 saturated carbocycles.